The third-order valence-corrected chi connectivity index (χ3v) is 5.21. The van der Waals surface area contributed by atoms with Crippen LogP contribution >= 0.6 is 0 Å². The van der Waals surface area contributed by atoms with Crippen molar-refractivity contribution in [1.82, 2.24) is 19.9 Å². The number of ether oxygens (including phenoxy) is 1. The van der Waals surface area contributed by atoms with Crippen molar-refractivity contribution in [2.75, 3.05) is 49.6 Å². The van der Waals surface area contributed by atoms with E-state index >= 15 is 0 Å². The summed E-state index contributed by atoms with van der Waals surface area (Å²) in [5.41, 5.74) is 2.52. The summed E-state index contributed by atoms with van der Waals surface area (Å²) in [7, 11) is 0. The number of hydrogen-bond donors (Lipinski definition) is 1. The minimum atomic E-state index is 0.462. The number of aromatic nitrogens is 3. The van der Waals surface area contributed by atoms with Crippen LogP contribution in [0.5, 0.6) is 0 Å². The predicted molar refractivity (Wildman–Crippen MR) is 106 cm³/mol. The molecule has 0 spiro atoms. The lowest BCUT2D eigenvalue weighted by atomic mass is 10.0. The van der Waals surface area contributed by atoms with Crippen molar-refractivity contribution < 1.29 is 4.74 Å². The van der Waals surface area contributed by atoms with Crippen LogP contribution < -0.4 is 10.2 Å². The molecular formula is C20H28N6O. The van der Waals surface area contributed by atoms with Gasteiger partial charge in [0.2, 0.25) is 5.95 Å². The molecule has 0 radical (unpaired) electrons. The van der Waals surface area contributed by atoms with Gasteiger partial charge in [0.1, 0.15) is 5.82 Å². The van der Waals surface area contributed by atoms with E-state index in [2.05, 4.69) is 38.1 Å². The summed E-state index contributed by atoms with van der Waals surface area (Å²) < 4.78 is 5.41. The second kappa shape index (κ2) is 8.63. The molecule has 7 heteroatoms. The van der Waals surface area contributed by atoms with Crippen LogP contribution in [0.4, 0.5) is 11.8 Å². The molecule has 0 amide bonds. The number of nitrogens with zero attached hydrogens (tertiary/aromatic N) is 5. The Labute approximate surface area is 160 Å². The summed E-state index contributed by atoms with van der Waals surface area (Å²) in [4.78, 5) is 18.1. The molecule has 2 aliphatic heterocycles. The SMILES string of the molecule is Cc1cncc(CN2CCC(Nc3ccnc(N4CCOCC4)n3)CC2)c1. The fourth-order valence-electron chi connectivity index (χ4n) is 3.75. The van der Waals surface area contributed by atoms with E-state index in [-0.39, 0.29) is 0 Å². The average molecular weight is 368 g/mol. The van der Waals surface area contributed by atoms with Gasteiger partial charge in [-0.3, -0.25) is 9.88 Å². The summed E-state index contributed by atoms with van der Waals surface area (Å²) in [6, 6.07) is 4.66. The van der Waals surface area contributed by atoms with Crippen LogP contribution in [0.25, 0.3) is 0 Å². The minimum absolute atomic E-state index is 0.462. The Morgan fingerprint density at radius 2 is 1.96 bits per heavy atom. The highest BCUT2D eigenvalue weighted by Gasteiger charge is 2.20. The van der Waals surface area contributed by atoms with Gasteiger partial charge in [0.25, 0.3) is 0 Å². The summed E-state index contributed by atoms with van der Waals surface area (Å²) in [5, 5.41) is 3.61. The molecule has 0 aromatic carbocycles. The Hall–Kier alpha value is -2.25. The maximum absolute atomic E-state index is 5.41. The molecule has 2 aromatic heterocycles. The largest absolute Gasteiger partial charge is 0.378 e. The van der Waals surface area contributed by atoms with E-state index in [0.717, 1.165) is 70.5 Å². The van der Waals surface area contributed by atoms with Crippen LogP contribution in [-0.4, -0.2) is 65.3 Å². The Bertz CT molecular complexity index is 741. The first kappa shape index (κ1) is 18.1. The third kappa shape index (κ3) is 4.93. The van der Waals surface area contributed by atoms with Gasteiger partial charge in [-0.15, -0.1) is 0 Å². The number of anilines is 2. The monoisotopic (exact) mass is 368 g/mol. The van der Waals surface area contributed by atoms with Crippen LogP contribution in [0.3, 0.4) is 0 Å². The van der Waals surface area contributed by atoms with Crippen molar-refractivity contribution in [3.8, 4) is 0 Å². The van der Waals surface area contributed by atoms with Crippen molar-refractivity contribution in [2.45, 2.75) is 32.4 Å². The average Bonchev–Trinajstić information content (AvgIpc) is 2.70. The van der Waals surface area contributed by atoms with Gasteiger partial charge in [0, 0.05) is 57.4 Å². The number of hydrogen-bond acceptors (Lipinski definition) is 7. The minimum Gasteiger partial charge on any atom is -0.378 e. The van der Waals surface area contributed by atoms with E-state index in [4.69, 9.17) is 9.72 Å². The number of morpholine rings is 1. The van der Waals surface area contributed by atoms with Crippen LogP contribution in [0.15, 0.2) is 30.7 Å². The molecule has 0 saturated carbocycles. The zero-order valence-corrected chi connectivity index (χ0v) is 16.0. The second-order valence-corrected chi connectivity index (χ2v) is 7.41. The fourth-order valence-corrected chi connectivity index (χ4v) is 3.75. The first-order valence-corrected chi connectivity index (χ1v) is 9.81. The highest BCUT2D eigenvalue weighted by molar-refractivity contribution is 5.42. The third-order valence-electron chi connectivity index (χ3n) is 5.21. The molecule has 0 aliphatic carbocycles. The van der Waals surface area contributed by atoms with E-state index in [0.29, 0.717) is 6.04 Å². The van der Waals surface area contributed by atoms with Crippen molar-refractivity contribution >= 4 is 11.8 Å². The van der Waals surface area contributed by atoms with Gasteiger partial charge in [-0.05, 0) is 37.0 Å². The van der Waals surface area contributed by atoms with Crippen molar-refractivity contribution in [3.63, 3.8) is 0 Å². The van der Waals surface area contributed by atoms with Gasteiger partial charge < -0.3 is 15.0 Å². The van der Waals surface area contributed by atoms with E-state index in [1.807, 2.05) is 24.7 Å². The highest BCUT2D eigenvalue weighted by Crippen LogP contribution is 2.19. The summed E-state index contributed by atoms with van der Waals surface area (Å²) >= 11 is 0. The van der Waals surface area contributed by atoms with Gasteiger partial charge in [-0.2, -0.15) is 4.98 Å². The zero-order chi connectivity index (χ0) is 18.5. The van der Waals surface area contributed by atoms with Crippen molar-refractivity contribution in [1.29, 1.82) is 0 Å². The standard InChI is InChI=1S/C20H28N6O/c1-16-12-17(14-21-13-16)15-25-6-3-18(4-7-25)23-19-2-5-22-20(24-19)26-8-10-27-11-9-26/h2,5,12-14,18H,3-4,6-11,15H2,1H3,(H,22,23,24). The molecule has 27 heavy (non-hydrogen) atoms. The number of aryl methyl sites for hydroxylation is 1. The first-order valence-electron chi connectivity index (χ1n) is 9.81. The zero-order valence-electron chi connectivity index (χ0n) is 16.0. The number of nitrogens with one attached hydrogen (secondary N) is 1. The predicted octanol–water partition coefficient (Wildman–Crippen LogP) is 2.09. The summed E-state index contributed by atoms with van der Waals surface area (Å²) in [6.45, 7) is 8.47. The molecule has 0 unspecified atom stereocenters. The second-order valence-electron chi connectivity index (χ2n) is 7.41. The smallest absolute Gasteiger partial charge is 0.227 e. The van der Waals surface area contributed by atoms with Crippen molar-refractivity contribution in [3.05, 3.63) is 41.9 Å². The fraction of sp³-hybridized carbons (Fsp3) is 0.550. The number of piperidine rings is 1. The molecule has 2 fully saturated rings. The quantitative estimate of drug-likeness (QED) is 0.867. The molecule has 4 heterocycles. The normalized spacial score (nSPS) is 19.2. The summed E-state index contributed by atoms with van der Waals surface area (Å²) in [5.74, 6) is 1.72. The molecule has 0 atom stereocenters. The van der Waals surface area contributed by atoms with Gasteiger partial charge >= 0.3 is 0 Å². The molecule has 4 rings (SSSR count). The number of pyridine rings is 1. The van der Waals surface area contributed by atoms with Crippen LogP contribution in [0.2, 0.25) is 0 Å². The number of likely N-dealkylation sites (tertiary alicyclic amines) is 1. The van der Waals surface area contributed by atoms with E-state index in [1.54, 1.807) is 0 Å². The molecule has 0 bridgehead atoms. The Morgan fingerprint density at radius 1 is 1.15 bits per heavy atom. The van der Waals surface area contributed by atoms with Gasteiger partial charge in [0.15, 0.2) is 0 Å². The van der Waals surface area contributed by atoms with Crippen LogP contribution in [0, 0.1) is 6.92 Å². The molecule has 2 saturated heterocycles. The van der Waals surface area contributed by atoms with E-state index in [9.17, 15) is 0 Å². The lowest BCUT2D eigenvalue weighted by Crippen LogP contribution is -2.39. The lowest BCUT2D eigenvalue weighted by molar-refractivity contribution is 0.122. The number of rotatable bonds is 5. The van der Waals surface area contributed by atoms with Gasteiger partial charge in [-0.1, -0.05) is 6.07 Å². The van der Waals surface area contributed by atoms with E-state index in [1.165, 1.54) is 11.1 Å². The molecule has 2 aliphatic rings. The van der Waals surface area contributed by atoms with Crippen LogP contribution in [-0.2, 0) is 11.3 Å². The molecular weight excluding hydrogens is 340 g/mol. The maximum Gasteiger partial charge on any atom is 0.227 e. The first-order chi connectivity index (χ1) is 13.3. The van der Waals surface area contributed by atoms with Crippen LogP contribution in [0.1, 0.15) is 24.0 Å². The van der Waals surface area contributed by atoms with Gasteiger partial charge in [-0.25, -0.2) is 4.98 Å². The van der Waals surface area contributed by atoms with E-state index < -0.39 is 0 Å². The Balaban J connectivity index is 1.29. The van der Waals surface area contributed by atoms with Crippen molar-refractivity contribution in [2.24, 2.45) is 0 Å². The lowest BCUT2D eigenvalue weighted by Gasteiger charge is -2.33. The Morgan fingerprint density at radius 3 is 2.74 bits per heavy atom. The Kier molecular flexibility index (Phi) is 5.79. The molecule has 1 N–H and O–H groups in total. The van der Waals surface area contributed by atoms with Gasteiger partial charge in [0.05, 0.1) is 13.2 Å². The topological polar surface area (TPSA) is 66.4 Å². The molecule has 2 aromatic rings. The summed E-state index contributed by atoms with van der Waals surface area (Å²) in [6.07, 6.45) is 7.98. The maximum atomic E-state index is 5.41. The molecule has 144 valence electrons. The highest BCUT2D eigenvalue weighted by atomic mass is 16.5. The molecule has 7 nitrogen and oxygen atoms in total.